The predicted molar refractivity (Wildman–Crippen MR) is 85.5 cm³/mol. The van der Waals surface area contributed by atoms with Crippen molar-refractivity contribution in [2.75, 3.05) is 6.61 Å². The topological polar surface area (TPSA) is 9.23 Å². The first-order valence-corrected chi connectivity index (χ1v) is 7.56. The van der Waals surface area contributed by atoms with Crippen LogP contribution in [0.3, 0.4) is 0 Å². The Bertz CT molecular complexity index is 452. The Morgan fingerprint density at radius 1 is 1.22 bits per heavy atom. The first-order valence-electron chi connectivity index (χ1n) is 5.97. The van der Waals surface area contributed by atoms with E-state index in [9.17, 15) is 0 Å². The molecule has 0 atom stereocenters. The molecule has 0 aliphatic rings. The molecular weight excluding hydrogens is 356 g/mol. The fraction of sp³-hybridized carbons (Fsp3) is 0.467. The molecule has 0 aliphatic heterocycles. The molecule has 0 saturated heterocycles. The van der Waals surface area contributed by atoms with E-state index < -0.39 is 0 Å². The van der Waals surface area contributed by atoms with Gasteiger partial charge >= 0.3 is 0 Å². The van der Waals surface area contributed by atoms with E-state index in [0.29, 0.717) is 6.61 Å². The number of benzene rings is 1. The molecule has 0 heterocycles. The van der Waals surface area contributed by atoms with E-state index in [-0.39, 0.29) is 5.41 Å². The molecular formula is C15H20Br2O. The minimum atomic E-state index is 0.0482. The third kappa shape index (κ3) is 4.43. The van der Waals surface area contributed by atoms with Gasteiger partial charge in [0, 0.05) is 10.0 Å². The molecule has 0 saturated carbocycles. The summed E-state index contributed by atoms with van der Waals surface area (Å²) in [6.45, 7) is 11.3. The van der Waals surface area contributed by atoms with Crippen LogP contribution in [0.1, 0.15) is 40.2 Å². The maximum atomic E-state index is 5.92. The second-order valence-electron chi connectivity index (χ2n) is 5.61. The van der Waals surface area contributed by atoms with Crippen molar-refractivity contribution in [1.29, 1.82) is 0 Å². The first kappa shape index (κ1) is 15.8. The molecule has 1 aromatic carbocycles. The molecule has 0 amide bonds. The highest BCUT2D eigenvalue weighted by Crippen LogP contribution is 2.39. The normalized spacial score (nSPS) is 11.3. The summed E-state index contributed by atoms with van der Waals surface area (Å²) in [6, 6.07) is 4.15. The Morgan fingerprint density at radius 3 is 2.33 bits per heavy atom. The summed E-state index contributed by atoms with van der Waals surface area (Å²) in [6.07, 6.45) is 2.08. The van der Waals surface area contributed by atoms with E-state index in [1.54, 1.807) is 0 Å². The SMILES string of the molecule is CC(C)=CCOc1c(Br)cc(Br)cc1C(C)(C)C. The van der Waals surface area contributed by atoms with E-state index in [1.165, 1.54) is 11.1 Å². The standard InChI is InChI=1S/C15H20Br2O/c1-10(2)6-7-18-14-12(15(3,4)5)8-11(16)9-13(14)17/h6,8-9H,7H2,1-5H3. The van der Waals surface area contributed by atoms with E-state index in [0.717, 1.165) is 14.7 Å². The van der Waals surface area contributed by atoms with Crippen molar-refractivity contribution in [1.82, 2.24) is 0 Å². The molecule has 1 nitrogen and oxygen atoms in total. The predicted octanol–water partition coefficient (Wildman–Crippen LogP) is 5.85. The summed E-state index contributed by atoms with van der Waals surface area (Å²) in [5, 5.41) is 0. The molecule has 0 N–H and O–H groups in total. The van der Waals surface area contributed by atoms with Crippen molar-refractivity contribution < 1.29 is 4.74 Å². The van der Waals surface area contributed by atoms with Crippen LogP contribution in [0.5, 0.6) is 5.75 Å². The minimum absolute atomic E-state index is 0.0482. The molecule has 0 spiro atoms. The lowest BCUT2D eigenvalue weighted by atomic mass is 9.86. The lowest BCUT2D eigenvalue weighted by molar-refractivity contribution is 0.347. The number of hydrogen-bond donors (Lipinski definition) is 0. The molecule has 18 heavy (non-hydrogen) atoms. The second kappa shape index (κ2) is 6.25. The number of halogens is 2. The summed E-state index contributed by atoms with van der Waals surface area (Å²) < 4.78 is 7.97. The molecule has 0 unspecified atom stereocenters. The highest BCUT2D eigenvalue weighted by Gasteiger charge is 2.21. The fourth-order valence-electron chi connectivity index (χ4n) is 1.56. The van der Waals surface area contributed by atoms with Gasteiger partial charge in [-0.2, -0.15) is 0 Å². The van der Waals surface area contributed by atoms with E-state index in [1.807, 2.05) is 6.07 Å². The molecule has 0 aromatic heterocycles. The minimum Gasteiger partial charge on any atom is -0.488 e. The van der Waals surface area contributed by atoms with Crippen molar-refractivity contribution in [3.63, 3.8) is 0 Å². The molecule has 1 aromatic rings. The van der Waals surface area contributed by atoms with E-state index >= 15 is 0 Å². The summed E-state index contributed by atoms with van der Waals surface area (Å²) >= 11 is 7.12. The zero-order chi connectivity index (χ0) is 13.9. The average molecular weight is 376 g/mol. The van der Waals surface area contributed by atoms with Crippen molar-refractivity contribution in [2.24, 2.45) is 0 Å². The van der Waals surface area contributed by atoms with Crippen LogP contribution in [-0.4, -0.2) is 6.61 Å². The van der Waals surface area contributed by atoms with Crippen LogP contribution in [0.25, 0.3) is 0 Å². The van der Waals surface area contributed by atoms with Gasteiger partial charge in [0.2, 0.25) is 0 Å². The average Bonchev–Trinajstić information content (AvgIpc) is 2.18. The summed E-state index contributed by atoms with van der Waals surface area (Å²) in [4.78, 5) is 0. The molecule has 1 rings (SSSR count). The van der Waals surface area contributed by atoms with Crippen molar-refractivity contribution >= 4 is 31.9 Å². The first-order chi connectivity index (χ1) is 8.21. The van der Waals surface area contributed by atoms with Crippen molar-refractivity contribution in [2.45, 2.75) is 40.0 Å². The highest BCUT2D eigenvalue weighted by atomic mass is 79.9. The molecule has 100 valence electrons. The smallest absolute Gasteiger partial charge is 0.137 e. The maximum absolute atomic E-state index is 5.92. The molecule has 0 aliphatic carbocycles. The summed E-state index contributed by atoms with van der Waals surface area (Å²) in [5.41, 5.74) is 2.51. The van der Waals surface area contributed by atoms with Gasteiger partial charge < -0.3 is 4.74 Å². The molecule has 3 heteroatoms. The largest absolute Gasteiger partial charge is 0.488 e. The zero-order valence-electron chi connectivity index (χ0n) is 11.6. The van der Waals surface area contributed by atoms with Gasteiger partial charge in [0.25, 0.3) is 0 Å². The van der Waals surface area contributed by atoms with Gasteiger partial charge in [-0.05, 0) is 53.4 Å². The van der Waals surface area contributed by atoms with Crippen LogP contribution in [0.4, 0.5) is 0 Å². The monoisotopic (exact) mass is 374 g/mol. The summed E-state index contributed by atoms with van der Waals surface area (Å²) in [5.74, 6) is 0.934. The number of allylic oxidation sites excluding steroid dienone is 1. The van der Waals surface area contributed by atoms with Gasteiger partial charge in [-0.25, -0.2) is 0 Å². The van der Waals surface area contributed by atoms with Gasteiger partial charge in [0.05, 0.1) is 4.47 Å². The van der Waals surface area contributed by atoms with Crippen LogP contribution in [0.15, 0.2) is 32.7 Å². The van der Waals surface area contributed by atoms with Crippen LogP contribution in [-0.2, 0) is 5.41 Å². The zero-order valence-corrected chi connectivity index (χ0v) is 14.8. The van der Waals surface area contributed by atoms with Crippen LogP contribution < -0.4 is 4.74 Å². The maximum Gasteiger partial charge on any atom is 0.137 e. The van der Waals surface area contributed by atoms with Gasteiger partial charge in [0.1, 0.15) is 12.4 Å². The molecule has 0 bridgehead atoms. The van der Waals surface area contributed by atoms with Crippen LogP contribution >= 0.6 is 31.9 Å². The summed E-state index contributed by atoms with van der Waals surface area (Å²) in [7, 11) is 0. The van der Waals surface area contributed by atoms with Crippen LogP contribution in [0, 0.1) is 0 Å². The van der Waals surface area contributed by atoms with Gasteiger partial charge in [0.15, 0.2) is 0 Å². The van der Waals surface area contributed by atoms with Crippen LogP contribution in [0.2, 0.25) is 0 Å². The third-order valence-electron chi connectivity index (χ3n) is 2.54. The lowest BCUT2D eigenvalue weighted by Gasteiger charge is -2.24. The van der Waals surface area contributed by atoms with E-state index in [4.69, 9.17) is 4.74 Å². The molecule has 0 radical (unpaired) electrons. The fourth-order valence-corrected chi connectivity index (χ4v) is 2.90. The lowest BCUT2D eigenvalue weighted by Crippen LogP contribution is -2.14. The Kier molecular flexibility index (Phi) is 5.47. The Morgan fingerprint density at radius 2 is 1.83 bits per heavy atom. The second-order valence-corrected chi connectivity index (χ2v) is 7.38. The third-order valence-corrected chi connectivity index (χ3v) is 3.58. The Balaban J connectivity index is 3.12. The van der Waals surface area contributed by atoms with Gasteiger partial charge in [-0.15, -0.1) is 0 Å². The van der Waals surface area contributed by atoms with Gasteiger partial charge in [-0.3, -0.25) is 0 Å². The highest BCUT2D eigenvalue weighted by molar-refractivity contribution is 9.11. The molecule has 0 fully saturated rings. The number of ether oxygens (including phenoxy) is 1. The number of hydrogen-bond acceptors (Lipinski definition) is 1. The number of rotatable bonds is 3. The van der Waals surface area contributed by atoms with Crippen molar-refractivity contribution in [3.05, 3.63) is 38.3 Å². The van der Waals surface area contributed by atoms with Crippen molar-refractivity contribution in [3.8, 4) is 5.75 Å². The Hall–Kier alpha value is -0.280. The Labute approximate surface area is 127 Å². The van der Waals surface area contributed by atoms with E-state index in [2.05, 4.69) is 78.6 Å². The quantitative estimate of drug-likeness (QED) is 0.601. The van der Waals surface area contributed by atoms with Gasteiger partial charge in [-0.1, -0.05) is 42.3 Å².